The Morgan fingerprint density at radius 1 is 1.67 bits per heavy atom. The largest absolute Gasteiger partial charge is 0.353 e. The molecule has 0 bridgehead atoms. The lowest BCUT2D eigenvalue weighted by atomic mass is 10.4. The number of aliphatic imine (C=N–C) groups is 1. The predicted molar refractivity (Wildman–Crippen MR) is 61.6 cm³/mol. The first-order valence-corrected chi connectivity index (χ1v) is 5.92. The van der Waals surface area contributed by atoms with Crippen LogP contribution in [0.25, 0.3) is 0 Å². The Balaban J connectivity index is 1.75. The van der Waals surface area contributed by atoms with E-state index < -0.39 is 0 Å². The smallest absolute Gasteiger partial charge is 0.205 e. The highest BCUT2D eigenvalue weighted by molar-refractivity contribution is 7.09. The monoisotopic (exact) mass is 225 g/mol. The molecule has 1 heterocycles. The van der Waals surface area contributed by atoms with E-state index in [4.69, 9.17) is 5.84 Å². The average Bonchev–Trinajstić information content (AvgIpc) is 2.91. The lowest BCUT2D eigenvalue weighted by molar-refractivity contribution is 0.815. The van der Waals surface area contributed by atoms with E-state index in [1.807, 2.05) is 11.6 Å². The number of hydrogen-bond acceptors (Lipinski definition) is 4. The summed E-state index contributed by atoms with van der Waals surface area (Å²) in [5.41, 5.74) is 2.58. The van der Waals surface area contributed by atoms with E-state index in [2.05, 4.69) is 20.7 Å². The van der Waals surface area contributed by atoms with E-state index in [1.165, 1.54) is 12.8 Å². The summed E-state index contributed by atoms with van der Waals surface area (Å²) in [6, 6.07) is 0.569. The molecular formula is C9H15N5S. The lowest BCUT2D eigenvalue weighted by Crippen LogP contribution is -2.42. The number of rotatable bonds is 4. The minimum Gasteiger partial charge on any atom is -0.353 e. The minimum atomic E-state index is 0.569. The van der Waals surface area contributed by atoms with Crippen LogP contribution in [0.2, 0.25) is 0 Å². The summed E-state index contributed by atoms with van der Waals surface area (Å²) >= 11 is 1.66. The summed E-state index contributed by atoms with van der Waals surface area (Å²) in [7, 11) is 0. The maximum absolute atomic E-state index is 5.35. The molecule has 1 aliphatic rings. The number of nitrogens with one attached hydrogen (secondary N) is 2. The number of nitrogens with two attached hydrogens (primary N) is 1. The second-order valence-corrected chi connectivity index (χ2v) is 4.45. The molecule has 0 aliphatic heterocycles. The van der Waals surface area contributed by atoms with Crippen molar-refractivity contribution in [1.29, 1.82) is 0 Å². The van der Waals surface area contributed by atoms with E-state index >= 15 is 0 Å². The number of thiazole rings is 1. The zero-order valence-corrected chi connectivity index (χ0v) is 9.26. The van der Waals surface area contributed by atoms with Crippen LogP contribution in [0.5, 0.6) is 0 Å². The maximum Gasteiger partial charge on any atom is 0.205 e. The van der Waals surface area contributed by atoms with Gasteiger partial charge >= 0.3 is 0 Å². The Morgan fingerprint density at radius 3 is 3.13 bits per heavy atom. The molecular weight excluding hydrogens is 210 g/mol. The standard InChI is InChI=1S/C9H15N5S/c10-14-9(13-7-1-2-7)12-4-3-8-11-5-6-15-8/h5-7H,1-4,10H2,(H2,12,13,14). The fourth-order valence-corrected chi connectivity index (χ4v) is 1.80. The van der Waals surface area contributed by atoms with Crippen LogP contribution in [0.15, 0.2) is 16.6 Å². The molecule has 82 valence electrons. The Labute approximate surface area is 92.8 Å². The molecule has 0 radical (unpaired) electrons. The number of guanidine groups is 1. The van der Waals surface area contributed by atoms with Crippen molar-refractivity contribution in [2.45, 2.75) is 25.3 Å². The third kappa shape index (κ3) is 3.49. The number of hydrogen-bond donors (Lipinski definition) is 3. The van der Waals surface area contributed by atoms with Gasteiger partial charge in [-0.05, 0) is 12.8 Å². The molecule has 5 nitrogen and oxygen atoms in total. The molecule has 1 aromatic rings. The zero-order valence-electron chi connectivity index (χ0n) is 8.44. The number of aromatic nitrogens is 1. The van der Waals surface area contributed by atoms with Gasteiger partial charge in [-0.2, -0.15) is 0 Å². The topological polar surface area (TPSA) is 75.3 Å². The minimum absolute atomic E-state index is 0.569. The van der Waals surface area contributed by atoms with Crippen molar-refractivity contribution < 1.29 is 0 Å². The van der Waals surface area contributed by atoms with Crippen molar-refractivity contribution in [3.05, 3.63) is 16.6 Å². The highest BCUT2D eigenvalue weighted by atomic mass is 32.1. The van der Waals surface area contributed by atoms with Crippen molar-refractivity contribution in [2.24, 2.45) is 10.8 Å². The highest BCUT2D eigenvalue weighted by Gasteiger charge is 2.21. The quantitative estimate of drug-likeness (QED) is 0.297. The molecule has 0 saturated heterocycles. The van der Waals surface area contributed by atoms with E-state index in [0.29, 0.717) is 18.5 Å². The van der Waals surface area contributed by atoms with Crippen molar-refractivity contribution in [2.75, 3.05) is 6.54 Å². The first kappa shape index (κ1) is 10.4. The summed E-state index contributed by atoms with van der Waals surface area (Å²) in [6.07, 6.45) is 5.11. The summed E-state index contributed by atoms with van der Waals surface area (Å²) in [6.45, 7) is 0.715. The van der Waals surface area contributed by atoms with Crippen LogP contribution in [-0.4, -0.2) is 23.5 Å². The van der Waals surface area contributed by atoms with Crippen LogP contribution in [0, 0.1) is 0 Å². The van der Waals surface area contributed by atoms with Gasteiger partial charge in [-0.1, -0.05) is 0 Å². The van der Waals surface area contributed by atoms with Crippen molar-refractivity contribution in [1.82, 2.24) is 15.7 Å². The fraction of sp³-hybridized carbons (Fsp3) is 0.556. The molecule has 6 heteroatoms. The third-order valence-electron chi connectivity index (χ3n) is 2.13. The first-order valence-electron chi connectivity index (χ1n) is 5.04. The van der Waals surface area contributed by atoms with E-state index in [-0.39, 0.29) is 0 Å². The Morgan fingerprint density at radius 2 is 2.53 bits per heavy atom. The summed E-state index contributed by atoms with van der Waals surface area (Å²) in [4.78, 5) is 8.52. The van der Waals surface area contributed by atoms with Gasteiger partial charge in [0.25, 0.3) is 0 Å². The predicted octanol–water partition coefficient (Wildman–Crippen LogP) is 0.257. The Hall–Kier alpha value is -1.14. The van der Waals surface area contributed by atoms with Gasteiger partial charge in [-0.3, -0.25) is 10.4 Å². The van der Waals surface area contributed by atoms with Crippen molar-refractivity contribution >= 4 is 17.3 Å². The molecule has 0 spiro atoms. The third-order valence-corrected chi connectivity index (χ3v) is 2.97. The van der Waals surface area contributed by atoms with Gasteiger partial charge in [-0.15, -0.1) is 11.3 Å². The zero-order chi connectivity index (χ0) is 10.5. The molecule has 0 unspecified atom stereocenters. The van der Waals surface area contributed by atoms with Crippen LogP contribution in [0.1, 0.15) is 17.8 Å². The average molecular weight is 225 g/mol. The van der Waals surface area contributed by atoms with Gasteiger partial charge in [0.05, 0.1) is 5.01 Å². The van der Waals surface area contributed by atoms with Crippen molar-refractivity contribution in [3.8, 4) is 0 Å². The second-order valence-electron chi connectivity index (χ2n) is 3.47. The van der Waals surface area contributed by atoms with Gasteiger partial charge in [-0.25, -0.2) is 10.8 Å². The maximum atomic E-state index is 5.35. The fourth-order valence-electron chi connectivity index (χ4n) is 1.19. The number of nitrogens with zero attached hydrogens (tertiary/aromatic N) is 2. The molecule has 0 aromatic carbocycles. The normalized spacial score (nSPS) is 16.5. The van der Waals surface area contributed by atoms with Gasteiger partial charge in [0.2, 0.25) is 5.96 Å². The first-order chi connectivity index (χ1) is 7.38. The Bertz CT molecular complexity index is 317. The Kier molecular flexibility index (Phi) is 3.52. The lowest BCUT2D eigenvalue weighted by Gasteiger charge is -2.06. The van der Waals surface area contributed by atoms with E-state index in [9.17, 15) is 0 Å². The molecule has 0 atom stereocenters. The number of hydrazine groups is 1. The SMILES string of the molecule is NNC(=NCCc1nccs1)NC1CC1. The van der Waals surface area contributed by atoms with E-state index in [1.54, 1.807) is 11.3 Å². The molecule has 1 aliphatic carbocycles. The van der Waals surface area contributed by atoms with Gasteiger partial charge in [0.1, 0.15) is 0 Å². The molecule has 1 fully saturated rings. The van der Waals surface area contributed by atoms with Crippen LogP contribution in [0.4, 0.5) is 0 Å². The van der Waals surface area contributed by atoms with Gasteiger partial charge in [0, 0.05) is 30.6 Å². The summed E-state index contributed by atoms with van der Waals surface area (Å²) in [5, 5.41) is 6.31. The van der Waals surface area contributed by atoms with Crippen molar-refractivity contribution in [3.63, 3.8) is 0 Å². The second kappa shape index (κ2) is 5.09. The van der Waals surface area contributed by atoms with Crippen LogP contribution >= 0.6 is 11.3 Å². The highest BCUT2D eigenvalue weighted by Crippen LogP contribution is 2.18. The molecule has 15 heavy (non-hydrogen) atoms. The molecule has 1 aromatic heterocycles. The van der Waals surface area contributed by atoms with Gasteiger partial charge < -0.3 is 5.32 Å². The van der Waals surface area contributed by atoms with Crippen LogP contribution < -0.4 is 16.6 Å². The molecule has 0 amide bonds. The molecule has 2 rings (SSSR count). The molecule has 1 saturated carbocycles. The van der Waals surface area contributed by atoms with Crippen LogP contribution in [0.3, 0.4) is 0 Å². The summed E-state index contributed by atoms with van der Waals surface area (Å²) in [5.74, 6) is 6.04. The van der Waals surface area contributed by atoms with E-state index in [0.717, 1.165) is 11.4 Å². The van der Waals surface area contributed by atoms with Crippen LogP contribution in [-0.2, 0) is 6.42 Å². The summed E-state index contributed by atoms with van der Waals surface area (Å²) < 4.78 is 0. The van der Waals surface area contributed by atoms with Gasteiger partial charge in [0.15, 0.2) is 0 Å². The molecule has 4 N–H and O–H groups in total.